The third-order valence-electron chi connectivity index (χ3n) is 3.04. The molecule has 0 atom stereocenters. The quantitative estimate of drug-likeness (QED) is 0.846. The van der Waals surface area contributed by atoms with Gasteiger partial charge in [-0.2, -0.15) is 0 Å². The molecule has 21 heavy (non-hydrogen) atoms. The van der Waals surface area contributed by atoms with Gasteiger partial charge in [0.2, 0.25) is 0 Å². The molecule has 0 aliphatic rings. The fourth-order valence-electron chi connectivity index (χ4n) is 1.74. The summed E-state index contributed by atoms with van der Waals surface area (Å²) in [5.74, 6) is 0.391. The second-order valence-electron chi connectivity index (χ2n) is 4.71. The van der Waals surface area contributed by atoms with Gasteiger partial charge in [-0.15, -0.1) is 0 Å². The summed E-state index contributed by atoms with van der Waals surface area (Å²) in [5.41, 5.74) is 3.02. The van der Waals surface area contributed by atoms with Crippen LogP contribution in [0.1, 0.15) is 11.1 Å². The molecule has 110 valence electrons. The first kappa shape index (κ1) is 15.9. The van der Waals surface area contributed by atoms with Crippen LogP contribution in [0.4, 0.5) is 5.69 Å². The highest BCUT2D eigenvalue weighted by molar-refractivity contribution is 9.10. The summed E-state index contributed by atoms with van der Waals surface area (Å²) in [6.45, 7) is 3.97. The molecule has 0 aromatic heterocycles. The molecule has 0 saturated carbocycles. The van der Waals surface area contributed by atoms with Crippen LogP contribution < -0.4 is 10.1 Å². The first-order valence-electron chi connectivity index (χ1n) is 6.40. The molecular weight excluding hydrogens is 354 g/mol. The average Bonchev–Trinajstić information content (AvgIpc) is 2.44. The van der Waals surface area contributed by atoms with E-state index in [9.17, 15) is 4.79 Å². The second kappa shape index (κ2) is 6.96. The van der Waals surface area contributed by atoms with E-state index in [0.29, 0.717) is 10.8 Å². The van der Waals surface area contributed by atoms with Crippen LogP contribution in [0.5, 0.6) is 5.75 Å². The van der Waals surface area contributed by atoms with E-state index in [0.717, 1.165) is 21.3 Å². The fourth-order valence-corrected chi connectivity index (χ4v) is 2.43. The van der Waals surface area contributed by atoms with Crippen LogP contribution in [0, 0.1) is 13.8 Å². The van der Waals surface area contributed by atoms with E-state index >= 15 is 0 Å². The minimum absolute atomic E-state index is 0.0546. The Morgan fingerprint density at radius 2 is 1.81 bits per heavy atom. The van der Waals surface area contributed by atoms with Gasteiger partial charge in [-0.3, -0.25) is 4.79 Å². The molecule has 2 rings (SSSR count). The van der Waals surface area contributed by atoms with Crippen molar-refractivity contribution in [2.75, 3.05) is 11.9 Å². The van der Waals surface area contributed by atoms with Crippen molar-refractivity contribution in [1.29, 1.82) is 0 Å². The van der Waals surface area contributed by atoms with Crippen LogP contribution in [-0.4, -0.2) is 12.5 Å². The van der Waals surface area contributed by atoms with E-state index in [1.54, 1.807) is 24.3 Å². The van der Waals surface area contributed by atoms with E-state index in [-0.39, 0.29) is 12.5 Å². The Bertz CT molecular complexity index is 656. The van der Waals surface area contributed by atoms with Gasteiger partial charge in [0.25, 0.3) is 5.91 Å². The molecule has 0 fully saturated rings. The number of amides is 1. The van der Waals surface area contributed by atoms with Gasteiger partial charge >= 0.3 is 0 Å². The summed E-state index contributed by atoms with van der Waals surface area (Å²) in [6.07, 6.45) is 0. The van der Waals surface area contributed by atoms with Crippen molar-refractivity contribution in [1.82, 2.24) is 0 Å². The van der Waals surface area contributed by atoms with Crippen molar-refractivity contribution in [2.24, 2.45) is 0 Å². The minimum atomic E-state index is -0.214. The van der Waals surface area contributed by atoms with Gasteiger partial charge in [-0.05, 0) is 77.3 Å². The number of benzene rings is 2. The molecule has 2 aromatic rings. The van der Waals surface area contributed by atoms with Gasteiger partial charge in [0.15, 0.2) is 6.61 Å². The number of hydrogen-bond acceptors (Lipinski definition) is 2. The third kappa shape index (κ3) is 4.48. The van der Waals surface area contributed by atoms with Crippen molar-refractivity contribution >= 4 is 39.1 Å². The molecule has 5 heteroatoms. The topological polar surface area (TPSA) is 38.3 Å². The Balaban J connectivity index is 1.96. The SMILES string of the molecule is Cc1cc(Br)c(NC(=O)COc2ccc(Cl)cc2)cc1C. The van der Waals surface area contributed by atoms with Gasteiger partial charge in [0.1, 0.15) is 5.75 Å². The van der Waals surface area contributed by atoms with Crippen molar-refractivity contribution < 1.29 is 9.53 Å². The third-order valence-corrected chi connectivity index (χ3v) is 3.95. The number of halogens is 2. The van der Waals surface area contributed by atoms with E-state index < -0.39 is 0 Å². The predicted octanol–water partition coefficient (Wildman–Crippen LogP) is 4.74. The summed E-state index contributed by atoms with van der Waals surface area (Å²) in [5, 5.41) is 3.45. The maximum atomic E-state index is 11.9. The maximum Gasteiger partial charge on any atom is 0.262 e. The average molecular weight is 369 g/mol. The molecule has 0 bridgehead atoms. The Morgan fingerprint density at radius 1 is 1.19 bits per heavy atom. The second-order valence-corrected chi connectivity index (χ2v) is 6.00. The fraction of sp³-hybridized carbons (Fsp3) is 0.188. The van der Waals surface area contributed by atoms with Crippen molar-refractivity contribution in [3.63, 3.8) is 0 Å². The van der Waals surface area contributed by atoms with E-state index in [1.165, 1.54) is 0 Å². The molecule has 0 unspecified atom stereocenters. The number of aryl methyl sites for hydroxylation is 2. The Labute approximate surface area is 137 Å². The van der Waals surface area contributed by atoms with Crippen molar-refractivity contribution in [2.45, 2.75) is 13.8 Å². The zero-order valence-electron chi connectivity index (χ0n) is 11.7. The number of nitrogens with one attached hydrogen (secondary N) is 1. The van der Waals surface area contributed by atoms with Crippen LogP contribution in [-0.2, 0) is 4.79 Å². The molecule has 3 nitrogen and oxygen atoms in total. The lowest BCUT2D eigenvalue weighted by Gasteiger charge is -2.11. The summed E-state index contributed by atoms with van der Waals surface area (Å²) >= 11 is 9.23. The Hall–Kier alpha value is -1.52. The highest BCUT2D eigenvalue weighted by Gasteiger charge is 2.08. The molecule has 0 aliphatic carbocycles. The normalized spacial score (nSPS) is 10.3. The number of anilines is 1. The van der Waals surface area contributed by atoms with Gasteiger partial charge in [0.05, 0.1) is 5.69 Å². The van der Waals surface area contributed by atoms with E-state index in [4.69, 9.17) is 16.3 Å². The van der Waals surface area contributed by atoms with E-state index in [2.05, 4.69) is 21.2 Å². The Morgan fingerprint density at radius 3 is 2.48 bits per heavy atom. The number of rotatable bonds is 4. The molecule has 0 aliphatic heterocycles. The smallest absolute Gasteiger partial charge is 0.262 e. The van der Waals surface area contributed by atoms with E-state index in [1.807, 2.05) is 26.0 Å². The van der Waals surface area contributed by atoms with Crippen LogP contribution in [0.2, 0.25) is 5.02 Å². The van der Waals surface area contributed by atoms with Crippen LogP contribution in [0.3, 0.4) is 0 Å². The van der Waals surface area contributed by atoms with Crippen molar-refractivity contribution in [3.8, 4) is 5.75 Å². The standard InChI is InChI=1S/C16H15BrClNO2/c1-10-7-14(17)15(8-11(10)2)19-16(20)9-21-13-5-3-12(18)4-6-13/h3-8H,9H2,1-2H3,(H,19,20). The number of ether oxygens (including phenoxy) is 1. The monoisotopic (exact) mass is 367 g/mol. The first-order valence-corrected chi connectivity index (χ1v) is 7.58. The number of carbonyl (C=O) groups excluding carboxylic acids is 1. The number of hydrogen-bond donors (Lipinski definition) is 1. The predicted molar refractivity (Wildman–Crippen MR) is 89.2 cm³/mol. The highest BCUT2D eigenvalue weighted by atomic mass is 79.9. The van der Waals surface area contributed by atoms with Gasteiger partial charge < -0.3 is 10.1 Å². The maximum absolute atomic E-state index is 11.9. The van der Waals surface area contributed by atoms with Crippen LogP contribution in [0.25, 0.3) is 0 Å². The van der Waals surface area contributed by atoms with Gasteiger partial charge in [-0.1, -0.05) is 11.6 Å². The number of carbonyl (C=O) groups is 1. The molecule has 0 spiro atoms. The lowest BCUT2D eigenvalue weighted by atomic mass is 10.1. The molecule has 0 radical (unpaired) electrons. The summed E-state index contributed by atoms with van der Waals surface area (Å²) in [4.78, 5) is 11.9. The van der Waals surface area contributed by atoms with Gasteiger partial charge in [-0.25, -0.2) is 0 Å². The van der Waals surface area contributed by atoms with Crippen LogP contribution >= 0.6 is 27.5 Å². The summed E-state index contributed by atoms with van der Waals surface area (Å²) < 4.78 is 6.26. The molecule has 1 N–H and O–H groups in total. The minimum Gasteiger partial charge on any atom is -0.484 e. The first-order chi connectivity index (χ1) is 9.95. The zero-order chi connectivity index (χ0) is 15.4. The molecule has 1 amide bonds. The molecule has 0 saturated heterocycles. The lowest BCUT2D eigenvalue weighted by Crippen LogP contribution is -2.20. The zero-order valence-corrected chi connectivity index (χ0v) is 14.1. The molecule has 2 aromatic carbocycles. The van der Waals surface area contributed by atoms with Crippen molar-refractivity contribution in [3.05, 3.63) is 57.0 Å². The van der Waals surface area contributed by atoms with Crippen LogP contribution in [0.15, 0.2) is 40.9 Å². The molecule has 0 heterocycles. The molecular formula is C16H15BrClNO2. The largest absolute Gasteiger partial charge is 0.484 e. The Kier molecular flexibility index (Phi) is 5.26. The highest BCUT2D eigenvalue weighted by Crippen LogP contribution is 2.26. The van der Waals surface area contributed by atoms with Gasteiger partial charge in [0, 0.05) is 9.50 Å². The summed E-state index contributed by atoms with van der Waals surface area (Å²) in [7, 11) is 0. The summed E-state index contributed by atoms with van der Waals surface area (Å²) in [6, 6.07) is 10.8. The lowest BCUT2D eigenvalue weighted by molar-refractivity contribution is -0.118.